The summed E-state index contributed by atoms with van der Waals surface area (Å²) >= 11 is 0. The van der Waals surface area contributed by atoms with Crippen LogP contribution in [0.15, 0.2) is 16.8 Å². The van der Waals surface area contributed by atoms with Crippen molar-refractivity contribution in [1.29, 1.82) is 0 Å². The van der Waals surface area contributed by atoms with Gasteiger partial charge in [-0.3, -0.25) is 4.79 Å². The molecule has 0 aliphatic carbocycles. The number of nitrogens with zero attached hydrogens (tertiary/aromatic N) is 2. The van der Waals surface area contributed by atoms with E-state index in [0.29, 0.717) is 17.2 Å². The highest BCUT2D eigenvalue weighted by Crippen LogP contribution is 2.17. The van der Waals surface area contributed by atoms with Crippen molar-refractivity contribution in [2.24, 2.45) is 5.92 Å². The molecule has 2 aromatic rings. The SMILES string of the molecule is Cc1noc2ncc(C(=O)NC3CNCCC3C)cc12.Cl. The number of aryl methyl sites for hydroxylation is 1. The number of carbonyl (C=O) groups is 1. The molecule has 114 valence electrons. The molecule has 0 aromatic carbocycles. The van der Waals surface area contributed by atoms with Gasteiger partial charge < -0.3 is 15.2 Å². The Morgan fingerprint density at radius 1 is 1.52 bits per heavy atom. The fourth-order valence-electron chi connectivity index (χ4n) is 2.50. The molecule has 1 amide bonds. The van der Waals surface area contributed by atoms with Gasteiger partial charge in [-0.05, 0) is 31.9 Å². The minimum Gasteiger partial charge on any atom is -0.348 e. The van der Waals surface area contributed by atoms with Gasteiger partial charge in [0.05, 0.1) is 16.6 Å². The van der Waals surface area contributed by atoms with Crippen LogP contribution in [0.2, 0.25) is 0 Å². The van der Waals surface area contributed by atoms with E-state index in [2.05, 4.69) is 27.7 Å². The first-order chi connectivity index (χ1) is 9.65. The number of nitrogens with one attached hydrogen (secondary N) is 2. The van der Waals surface area contributed by atoms with E-state index in [-0.39, 0.29) is 24.4 Å². The van der Waals surface area contributed by atoms with Crippen molar-refractivity contribution in [1.82, 2.24) is 20.8 Å². The fraction of sp³-hybridized carbons (Fsp3) is 0.500. The molecule has 3 heterocycles. The van der Waals surface area contributed by atoms with E-state index in [1.54, 1.807) is 6.07 Å². The molecular weight excluding hydrogens is 292 g/mol. The first-order valence-corrected chi connectivity index (χ1v) is 6.89. The Morgan fingerprint density at radius 3 is 3.10 bits per heavy atom. The summed E-state index contributed by atoms with van der Waals surface area (Å²) in [5, 5.41) is 11.0. The molecule has 2 atom stereocenters. The van der Waals surface area contributed by atoms with E-state index in [9.17, 15) is 4.79 Å². The Balaban J connectivity index is 0.00000161. The van der Waals surface area contributed by atoms with E-state index < -0.39 is 0 Å². The Morgan fingerprint density at radius 2 is 2.33 bits per heavy atom. The zero-order chi connectivity index (χ0) is 14.1. The van der Waals surface area contributed by atoms with Crippen molar-refractivity contribution in [3.63, 3.8) is 0 Å². The van der Waals surface area contributed by atoms with Crippen molar-refractivity contribution < 1.29 is 9.32 Å². The summed E-state index contributed by atoms with van der Waals surface area (Å²) in [6.45, 7) is 5.83. The van der Waals surface area contributed by atoms with Gasteiger partial charge in [-0.15, -0.1) is 12.4 Å². The zero-order valence-corrected chi connectivity index (χ0v) is 12.9. The highest BCUT2D eigenvalue weighted by atomic mass is 35.5. The molecule has 2 aromatic heterocycles. The molecule has 0 saturated carbocycles. The van der Waals surface area contributed by atoms with Gasteiger partial charge in [-0.1, -0.05) is 12.1 Å². The van der Waals surface area contributed by atoms with Crippen LogP contribution in [0.3, 0.4) is 0 Å². The lowest BCUT2D eigenvalue weighted by Crippen LogP contribution is -2.50. The van der Waals surface area contributed by atoms with Gasteiger partial charge in [0.1, 0.15) is 0 Å². The maximum Gasteiger partial charge on any atom is 0.257 e. The number of amides is 1. The predicted octanol–water partition coefficient (Wildman–Crippen LogP) is 1.68. The molecule has 0 bridgehead atoms. The van der Waals surface area contributed by atoms with Gasteiger partial charge in [-0.2, -0.15) is 0 Å². The Bertz CT molecular complexity index is 643. The summed E-state index contributed by atoms with van der Waals surface area (Å²) in [5.41, 5.74) is 1.75. The number of fused-ring (bicyclic) bond motifs is 1. The van der Waals surface area contributed by atoms with Crippen LogP contribution in [0.25, 0.3) is 11.1 Å². The Labute approximate surface area is 129 Å². The average molecular weight is 311 g/mol. The van der Waals surface area contributed by atoms with Crippen LogP contribution >= 0.6 is 12.4 Å². The second-order valence-electron chi connectivity index (χ2n) is 5.39. The van der Waals surface area contributed by atoms with Gasteiger partial charge in [-0.25, -0.2) is 4.98 Å². The molecule has 0 radical (unpaired) electrons. The second kappa shape index (κ2) is 6.41. The first-order valence-electron chi connectivity index (χ1n) is 6.89. The maximum atomic E-state index is 12.3. The topological polar surface area (TPSA) is 80.0 Å². The summed E-state index contributed by atoms with van der Waals surface area (Å²) < 4.78 is 5.05. The Kier molecular flexibility index (Phi) is 4.80. The third kappa shape index (κ3) is 3.16. The largest absolute Gasteiger partial charge is 0.348 e. The third-order valence-electron chi connectivity index (χ3n) is 3.92. The lowest BCUT2D eigenvalue weighted by Gasteiger charge is -2.30. The average Bonchev–Trinajstić information content (AvgIpc) is 2.82. The molecule has 1 aliphatic rings. The summed E-state index contributed by atoms with van der Waals surface area (Å²) in [4.78, 5) is 16.4. The predicted molar refractivity (Wildman–Crippen MR) is 81.7 cm³/mol. The van der Waals surface area contributed by atoms with Gasteiger partial charge in [0.25, 0.3) is 11.6 Å². The number of aromatic nitrogens is 2. The standard InChI is InChI=1S/C14H18N4O2.ClH/c1-8-3-4-15-7-12(8)17-13(19)10-5-11-9(2)18-20-14(11)16-6-10;/h5-6,8,12,15H,3-4,7H2,1-2H3,(H,17,19);1H. The monoisotopic (exact) mass is 310 g/mol. The third-order valence-corrected chi connectivity index (χ3v) is 3.92. The summed E-state index contributed by atoms with van der Waals surface area (Å²) in [7, 11) is 0. The number of hydrogen-bond donors (Lipinski definition) is 2. The maximum absolute atomic E-state index is 12.3. The van der Waals surface area contributed by atoms with Crippen molar-refractivity contribution >= 4 is 29.4 Å². The van der Waals surface area contributed by atoms with Crippen LogP contribution in [0.4, 0.5) is 0 Å². The molecule has 1 aliphatic heterocycles. The number of halogens is 1. The molecule has 2 N–H and O–H groups in total. The lowest BCUT2D eigenvalue weighted by atomic mass is 9.94. The Hall–Kier alpha value is -1.66. The van der Waals surface area contributed by atoms with Crippen molar-refractivity contribution in [2.45, 2.75) is 26.3 Å². The molecule has 3 rings (SSSR count). The van der Waals surface area contributed by atoms with Gasteiger partial charge in [0.2, 0.25) is 0 Å². The minimum absolute atomic E-state index is 0. The van der Waals surface area contributed by atoms with Crippen LogP contribution in [0.1, 0.15) is 29.4 Å². The van der Waals surface area contributed by atoms with Crippen LogP contribution in [0, 0.1) is 12.8 Å². The highest BCUT2D eigenvalue weighted by molar-refractivity contribution is 5.97. The number of piperidine rings is 1. The van der Waals surface area contributed by atoms with Crippen molar-refractivity contribution in [3.05, 3.63) is 23.5 Å². The fourth-order valence-corrected chi connectivity index (χ4v) is 2.50. The van der Waals surface area contributed by atoms with E-state index in [1.807, 2.05) is 6.92 Å². The van der Waals surface area contributed by atoms with Crippen molar-refractivity contribution in [2.75, 3.05) is 13.1 Å². The second-order valence-corrected chi connectivity index (χ2v) is 5.39. The molecule has 0 spiro atoms. The quantitative estimate of drug-likeness (QED) is 0.882. The number of pyridine rings is 1. The van der Waals surface area contributed by atoms with Crippen LogP contribution < -0.4 is 10.6 Å². The molecule has 6 nitrogen and oxygen atoms in total. The van der Waals surface area contributed by atoms with Crippen LogP contribution in [-0.2, 0) is 0 Å². The molecule has 1 saturated heterocycles. The van der Waals surface area contributed by atoms with E-state index in [1.165, 1.54) is 6.20 Å². The number of carbonyl (C=O) groups excluding carboxylic acids is 1. The zero-order valence-electron chi connectivity index (χ0n) is 12.0. The van der Waals surface area contributed by atoms with Gasteiger partial charge >= 0.3 is 0 Å². The normalized spacial score (nSPS) is 21.8. The van der Waals surface area contributed by atoms with E-state index in [4.69, 9.17) is 4.52 Å². The number of hydrogen-bond acceptors (Lipinski definition) is 5. The van der Waals surface area contributed by atoms with Gasteiger partial charge in [0, 0.05) is 18.8 Å². The lowest BCUT2D eigenvalue weighted by molar-refractivity contribution is 0.0915. The summed E-state index contributed by atoms with van der Waals surface area (Å²) in [6, 6.07) is 1.94. The first kappa shape index (κ1) is 15.7. The van der Waals surface area contributed by atoms with Gasteiger partial charge in [0.15, 0.2) is 0 Å². The molecule has 2 unspecified atom stereocenters. The molecule has 7 heteroatoms. The van der Waals surface area contributed by atoms with E-state index in [0.717, 1.165) is 30.6 Å². The molecular formula is C14H19ClN4O2. The van der Waals surface area contributed by atoms with Crippen LogP contribution in [0.5, 0.6) is 0 Å². The smallest absolute Gasteiger partial charge is 0.257 e. The van der Waals surface area contributed by atoms with E-state index >= 15 is 0 Å². The summed E-state index contributed by atoms with van der Waals surface area (Å²) in [5.74, 6) is 0.384. The number of rotatable bonds is 2. The van der Waals surface area contributed by atoms with Crippen molar-refractivity contribution in [3.8, 4) is 0 Å². The van der Waals surface area contributed by atoms with Crippen LogP contribution in [-0.4, -0.2) is 35.2 Å². The minimum atomic E-state index is -0.0967. The molecule has 1 fully saturated rings. The molecule has 21 heavy (non-hydrogen) atoms. The summed E-state index contributed by atoms with van der Waals surface area (Å²) in [6.07, 6.45) is 2.61. The highest BCUT2D eigenvalue weighted by Gasteiger charge is 2.23.